The number of aromatic nitrogens is 3. The predicted octanol–water partition coefficient (Wildman–Crippen LogP) is 4.67. The van der Waals surface area contributed by atoms with Crippen LogP contribution in [-0.4, -0.2) is 26.3 Å². The van der Waals surface area contributed by atoms with Crippen LogP contribution in [0.15, 0.2) is 72.9 Å². The average molecular weight is 440 g/mol. The van der Waals surface area contributed by atoms with Crippen molar-refractivity contribution in [2.75, 3.05) is 10.2 Å². The Kier molecular flexibility index (Phi) is 5.38. The van der Waals surface area contributed by atoms with Gasteiger partial charge in [-0.3, -0.25) is 24.0 Å². The highest BCUT2D eigenvalue weighted by Gasteiger charge is 2.41. The van der Waals surface area contributed by atoms with Crippen LogP contribution in [0.4, 0.5) is 11.6 Å². The number of fused-ring (bicyclic) bond motifs is 3. The zero-order valence-corrected chi connectivity index (χ0v) is 18.6. The average Bonchev–Trinajstić information content (AvgIpc) is 3.31. The molecule has 0 saturated heterocycles. The van der Waals surface area contributed by atoms with Crippen molar-refractivity contribution in [2.45, 2.75) is 38.8 Å². The molecule has 1 atom stereocenters. The topological polar surface area (TPSA) is 80.1 Å². The summed E-state index contributed by atoms with van der Waals surface area (Å²) in [6.07, 6.45) is 1.73. The van der Waals surface area contributed by atoms with Crippen LogP contribution in [0, 0.1) is 0 Å². The van der Waals surface area contributed by atoms with Crippen molar-refractivity contribution in [3.05, 3.63) is 84.2 Å². The van der Waals surface area contributed by atoms with Gasteiger partial charge < -0.3 is 5.32 Å². The zero-order chi connectivity index (χ0) is 22.9. The summed E-state index contributed by atoms with van der Waals surface area (Å²) in [5, 5.41) is 2.94. The van der Waals surface area contributed by atoms with Crippen LogP contribution in [0.2, 0.25) is 0 Å². The van der Waals surface area contributed by atoms with E-state index in [9.17, 15) is 9.59 Å². The van der Waals surface area contributed by atoms with Crippen molar-refractivity contribution in [1.29, 1.82) is 0 Å². The van der Waals surface area contributed by atoms with Crippen molar-refractivity contribution < 1.29 is 9.59 Å². The van der Waals surface area contributed by atoms with E-state index in [1.54, 1.807) is 11.1 Å². The number of pyridine rings is 1. The lowest BCUT2D eigenvalue weighted by Crippen LogP contribution is -2.31. The highest BCUT2D eigenvalue weighted by molar-refractivity contribution is 6.05. The van der Waals surface area contributed by atoms with Crippen LogP contribution in [0.25, 0.3) is 11.0 Å². The fraction of sp³-hybridized carbons (Fsp3) is 0.231. The number of benzene rings is 2. The molecule has 0 unspecified atom stereocenters. The number of rotatable bonds is 6. The van der Waals surface area contributed by atoms with Crippen molar-refractivity contribution in [3.8, 4) is 0 Å². The van der Waals surface area contributed by atoms with E-state index < -0.39 is 6.04 Å². The van der Waals surface area contributed by atoms with Crippen LogP contribution in [0.1, 0.15) is 43.5 Å². The Balaban J connectivity index is 1.42. The molecule has 1 aliphatic heterocycles. The Bertz CT molecular complexity index is 1310. The van der Waals surface area contributed by atoms with E-state index in [0.29, 0.717) is 18.4 Å². The van der Waals surface area contributed by atoms with E-state index in [2.05, 4.69) is 24.1 Å². The Hall–Kier alpha value is -4.00. The Morgan fingerprint density at radius 1 is 1.03 bits per heavy atom. The minimum Gasteiger partial charge on any atom is -0.326 e. The maximum absolute atomic E-state index is 13.4. The normalized spacial score (nSPS) is 15.3. The Labute approximate surface area is 192 Å². The lowest BCUT2D eigenvalue weighted by Gasteiger charge is -2.15. The van der Waals surface area contributed by atoms with E-state index in [-0.39, 0.29) is 18.2 Å². The molecular weight excluding hydrogens is 414 g/mol. The molecule has 2 aromatic carbocycles. The van der Waals surface area contributed by atoms with E-state index in [4.69, 9.17) is 4.98 Å². The summed E-state index contributed by atoms with van der Waals surface area (Å²) in [5.74, 6) is 0.600. The third-order valence-electron chi connectivity index (χ3n) is 5.97. The number of amides is 2. The summed E-state index contributed by atoms with van der Waals surface area (Å²) < 4.78 is 1.88. The molecule has 33 heavy (non-hydrogen) atoms. The van der Waals surface area contributed by atoms with E-state index >= 15 is 0 Å². The van der Waals surface area contributed by atoms with E-state index in [1.807, 2.05) is 71.3 Å². The van der Waals surface area contributed by atoms with Gasteiger partial charge in [-0.2, -0.15) is 0 Å². The molecule has 2 amide bonds. The molecule has 0 saturated carbocycles. The van der Waals surface area contributed by atoms with Crippen molar-refractivity contribution in [3.63, 3.8) is 0 Å². The van der Waals surface area contributed by atoms with E-state index in [0.717, 1.165) is 22.4 Å². The van der Waals surface area contributed by atoms with Crippen LogP contribution >= 0.6 is 0 Å². The molecule has 0 bridgehead atoms. The monoisotopic (exact) mass is 439 g/mol. The number of hydrogen-bond donors (Lipinski definition) is 1. The fourth-order valence-electron chi connectivity index (χ4n) is 4.24. The number of nitrogens with zero attached hydrogens (tertiary/aromatic N) is 4. The molecular formula is C26H25N5O2. The fourth-order valence-corrected chi connectivity index (χ4v) is 4.24. The molecule has 4 aromatic rings. The van der Waals surface area contributed by atoms with Crippen molar-refractivity contribution in [2.24, 2.45) is 0 Å². The highest BCUT2D eigenvalue weighted by Crippen LogP contribution is 2.37. The van der Waals surface area contributed by atoms with Gasteiger partial charge in [-0.25, -0.2) is 4.98 Å². The van der Waals surface area contributed by atoms with Gasteiger partial charge in [0.05, 0.1) is 29.7 Å². The summed E-state index contributed by atoms with van der Waals surface area (Å²) in [4.78, 5) is 37.0. The summed E-state index contributed by atoms with van der Waals surface area (Å²) in [7, 11) is 0. The van der Waals surface area contributed by atoms with Gasteiger partial charge in [0.1, 0.15) is 6.04 Å². The SMILES string of the molecule is CC(C)c1ccc(NC(=O)C[C@H]2C(=O)N(Cc3ccccn3)c3nc4ccccc4n32)cc1. The number of para-hydroxylation sites is 2. The first kappa shape index (κ1) is 20.9. The first-order chi connectivity index (χ1) is 16.0. The molecule has 0 fully saturated rings. The van der Waals surface area contributed by atoms with Gasteiger partial charge >= 0.3 is 0 Å². The molecule has 7 heteroatoms. The second-order valence-corrected chi connectivity index (χ2v) is 8.56. The number of nitrogens with one attached hydrogen (secondary N) is 1. The second kappa shape index (κ2) is 8.50. The third kappa shape index (κ3) is 3.98. The number of carbonyl (C=O) groups excluding carboxylic acids is 2. The molecule has 0 spiro atoms. The molecule has 166 valence electrons. The Morgan fingerprint density at radius 2 is 1.79 bits per heavy atom. The van der Waals surface area contributed by atoms with Crippen LogP contribution < -0.4 is 10.2 Å². The number of carbonyl (C=O) groups is 2. The molecule has 0 radical (unpaired) electrons. The van der Waals surface area contributed by atoms with Gasteiger partial charge in [0.15, 0.2) is 0 Å². The molecule has 1 aliphatic rings. The van der Waals surface area contributed by atoms with Gasteiger partial charge in [0, 0.05) is 11.9 Å². The highest BCUT2D eigenvalue weighted by atomic mass is 16.2. The molecule has 0 aliphatic carbocycles. The lowest BCUT2D eigenvalue weighted by atomic mass is 10.0. The first-order valence-corrected chi connectivity index (χ1v) is 11.1. The van der Waals surface area contributed by atoms with Gasteiger partial charge in [0.25, 0.3) is 5.91 Å². The van der Waals surface area contributed by atoms with Gasteiger partial charge in [-0.1, -0.05) is 44.2 Å². The Morgan fingerprint density at radius 3 is 2.52 bits per heavy atom. The predicted molar refractivity (Wildman–Crippen MR) is 128 cm³/mol. The summed E-state index contributed by atoms with van der Waals surface area (Å²) in [5.41, 5.74) is 4.32. The zero-order valence-electron chi connectivity index (χ0n) is 18.6. The van der Waals surface area contributed by atoms with Gasteiger partial charge in [-0.05, 0) is 47.9 Å². The smallest absolute Gasteiger partial charge is 0.253 e. The molecule has 1 N–H and O–H groups in total. The molecule has 7 nitrogen and oxygen atoms in total. The van der Waals surface area contributed by atoms with Crippen LogP contribution in [0.3, 0.4) is 0 Å². The summed E-state index contributed by atoms with van der Waals surface area (Å²) in [6, 6.07) is 20.4. The van der Waals surface area contributed by atoms with Crippen molar-refractivity contribution >= 4 is 34.5 Å². The second-order valence-electron chi connectivity index (χ2n) is 8.56. The quantitative estimate of drug-likeness (QED) is 0.473. The first-order valence-electron chi connectivity index (χ1n) is 11.1. The molecule has 2 aromatic heterocycles. The van der Waals surface area contributed by atoms with Gasteiger partial charge in [-0.15, -0.1) is 0 Å². The number of anilines is 2. The van der Waals surface area contributed by atoms with E-state index in [1.165, 1.54) is 5.56 Å². The molecule has 5 rings (SSSR count). The third-order valence-corrected chi connectivity index (χ3v) is 5.97. The lowest BCUT2D eigenvalue weighted by molar-refractivity contribution is -0.124. The molecule has 3 heterocycles. The van der Waals surface area contributed by atoms with Crippen LogP contribution in [-0.2, 0) is 16.1 Å². The number of hydrogen-bond acceptors (Lipinski definition) is 4. The minimum atomic E-state index is -0.661. The summed E-state index contributed by atoms with van der Waals surface area (Å²) in [6.45, 7) is 4.56. The standard InChI is InChI=1S/C26H25N5O2/c1-17(2)18-10-12-19(13-11-18)28-24(32)15-23-25(33)30(16-20-7-5-6-14-27-20)26-29-21-8-3-4-9-22(21)31(23)26/h3-14,17,23H,15-16H2,1-2H3,(H,28,32)/t23-/m0/s1. The van der Waals surface area contributed by atoms with Crippen molar-refractivity contribution in [1.82, 2.24) is 14.5 Å². The number of imidazole rings is 1. The largest absolute Gasteiger partial charge is 0.326 e. The maximum atomic E-state index is 13.4. The van der Waals surface area contributed by atoms with Gasteiger partial charge in [0.2, 0.25) is 11.9 Å². The summed E-state index contributed by atoms with van der Waals surface area (Å²) >= 11 is 0. The maximum Gasteiger partial charge on any atom is 0.253 e. The van der Waals surface area contributed by atoms with Crippen LogP contribution in [0.5, 0.6) is 0 Å². The minimum absolute atomic E-state index is 0.0246.